The SMILES string of the molecule is CCOC(=O)c1c(C(=O)c2ccc(Cl)cc2)c2cc(F)ccc2n1CCCOc1cccnc1. The Morgan fingerprint density at radius 3 is 2.62 bits per heavy atom. The van der Waals surface area contributed by atoms with Gasteiger partial charge in [0, 0.05) is 34.2 Å². The second-order valence-corrected chi connectivity index (χ2v) is 7.92. The molecule has 34 heavy (non-hydrogen) atoms. The summed E-state index contributed by atoms with van der Waals surface area (Å²) in [6.45, 7) is 2.53. The number of halogens is 2. The summed E-state index contributed by atoms with van der Waals surface area (Å²) >= 11 is 5.97. The van der Waals surface area contributed by atoms with Gasteiger partial charge in [-0.2, -0.15) is 0 Å². The quantitative estimate of drug-likeness (QED) is 0.174. The highest BCUT2D eigenvalue weighted by molar-refractivity contribution is 6.31. The minimum Gasteiger partial charge on any atom is -0.492 e. The molecule has 0 radical (unpaired) electrons. The molecule has 4 rings (SSSR count). The molecular formula is C26H22ClFN2O4. The molecule has 4 aromatic rings. The van der Waals surface area contributed by atoms with Crippen molar-refractivity contribution in [2.45, 2.75) is 19.9 Å². The van der Waals surface area contributed by atoms with E-state index in [1.54, 1.807) is 66.3 Å². The van der Waals surface area contributed by atoms with Crippen molar-refractivity contribution in [3.63, 3.8) is 0 Å². The van der Waals surface area contributed by atoms with Crippen LogP contribution in [0.25, 0.3) is 10.9 Å². The number of carbonyl (C=O) groups is 2. The summed E-state index contributed by atoms with van der Waals surface area (Å²) in [7, 11) is 0. The molecule has 0 atom stereocenters. The lowest BCUT2D eigenvalue weighted by Crippen LogP contribution is -2.17. The Morgan fingerprint density at radius 2 is 1.91 bits per heavy atom. The van der Waals surface area contributed by atoms with E-state index in [0.717, 1.165) is 0 Å². The molecule has 0 aliphatic carbocycles. The first kappa shape index (κ1) is 23.4. The Balaban J connectivity index is 1.75. The van der Waals surface area contributed by atoms with E-state index in [-0.39, 0.29) is 17.9 Å². The fraction of sp³-hybridized carbons (Fsp3) is 0.192. The van der Waals surface area contributed by atoms with Crippen molar-refractivity contribution in [3.8, 4) is 5.75 Å². The molecule has 0 bridgehead atoms. The van der Waals surface area contributed by atoms with Crippen molar-refractivity contribution >= 4 is 34.3 Å². The number of aromatic nitrogens is 2. The summed E-state index contributed by atoms with van der Waals surface area (Å²) in [4.78, 5) is 30.6. The van der Waals surface area contributed by atoms with Gasteiger partial charge in [0.2, 0.25) is 0 Å². The lowest BCUT2D eigenvalue weighted by Gasteiger charge is -2.12. The molecule has 0 saturated heterocycles. The van der Waals surface area contributed by atoms with Gasteiger partial charge in [-0.05, 0) is 67.9 Å². The first-order valence-corrected chi connectivity index (χ1v) is 11.2. The van der Waals surface area contributed by atoms with Gasteiger partial charge in [0.1, 0.15) is 17.3 Å². The number of esters is 1. The Morgan fingerprint density at radius 1 is 1.12 bits per heavy atom. The molecule has 2 heterocycles. The third-order valence-electron chi connectivity index (χ3n) is 5.26. The number of benzene rings is 2. The predicted molar refractivity (Wildman–Crippen MR) is 127 cm³/mol. The van der Waals surface area contributed by atoms with E-state index in [0.29, 0.717) is 46.8 Å². The van der Waals surface area contributed by atoms with Crippen LogP contribution in [0.5, 0.6) is 5.75 Å². The molecule has 8 heteroatoms. The van der Waals surface area contributed by atoms with Crippen molar-refractivity contribution in [1.82, 2.24) is 9.55 Å². The van der Waals surface area contributed by atoms with Crippen LogP contribution in [0.4, 0.5) is 4.39 Å². The maximum Gasteiger partial charge on any atom is 0.355 e. The van der Waals surface area contributed by atoms with E-state index >= 15 is 0 Å². The Labute approximate surface area is 200 Å². The van der Waals surface area contributed by atoms with Crippen LogP contribution in [0.1, 0.15) is 39.8 Å². The summed E-state index contributed by atoms with van der Waals surface area (Å²) in [5.41, 5.74) is 1.08. The molecule has 0 amide bonds. The van der Waals surface area contributed by atoms with E-state index < -0.39 is 17.6 Å². The van der Waals surface area contributed by atoms with Gasteiger partial charge < -0.3 is 14.0 Å². The number of ether oxygens (including phenoxy) is 2. The van der Waals surface area contributed by atoms with E-state index in [9.17, 15) is 14.0 Å². The van der Waals surface area contributed by atoms with Gasteiger partial charge in [0.05, 0.1) is 25.0 Å². The second-order valence-electron chi connectivity index (χ2n) is 7.48. The summed E-state index contributed by atoms with van der Waals surface area (Å²) < 4.78 is 26.9. The largest absolute Gasteiger partial charge is 0.492 e. The summed E-state index contributed by atoms with van der Waals surface area (Å²) in [6, 6.07) is 14.0. The molecular weight excluding hydrogens is 459 g/mol. The van der Waals surface area contributed by atoms with Crippen molar-refractivity contribution in [1.29, 1.82) is 0 Å². The highest BCUT2D eigenvalue weighted by Gasteiger charge is 2.29. The van der Waals surface area contributed by atoms with Crippen LogP contribution < -0.4 is 4.74 Å². The van der Waals surface area contributed by atoms with Crippen LogP contribution in [0.15, 0.2) is 67.0 Å². The maximum atomic E-state index is 14.2. The van der Waals surface area contributed by atoms with Crippen molar-refractivity contribution in [2.24, 2.45) is 0 Å². The lowest BCUT2D eigenvalue weighted by molar-refractivity contribution is 0.0511. The van der Waals surface area contributed by atoms with Crippen LogP contribution in [0, 0.1) is 5.82 Å². The maximum absolute atomic E-state index is 14.2. The summed E-state index contributed by atoms with van der Waals surface area (Å²) in [5.74, 6) is -0.943. The van der Waals surface area contributed by atoms with E-state index in [4.69, 9.17) is 21.1 Å². The topological polar surface area (TPSA) is 70.4 Å². The number of hydrogen-bond donors (Lipinski definition) is 0. The van der Waals surface area contributed by atoms with Crippen LogP contribution >= 0.6 is 11.6 Å². The van der Waals surface area contributed by atoms with Gasteiger partial charge in [-0.15, -0.1) is 0 Å². The highest BCUT2D eigenvalue weighted by Crippen LogP contribution is 2.31. The number of hydrogen-bond acceptors (Lipinski definition) is 5. The third kappa shape index (κ3) is 4.94. The van der Waals surface area contributed by atoms with Gasteiger partial charge in [-0.3, -0.25) is 9.78 Å². The van der Waals surface area contributed by atoms with Crippen LogP contribution in [0.3, 0.4) is 0 Å². The number of fused-ring (bicyclic) bond motifs is 1. The number of rotatable bonds is 9. The highest BCUT2D eigenvalue weighted by atomic mass is 35.5. The fourth-order valence-corrected chi connectivity index (χ4v) is 3.92. The first-order valence-electron chi connectivity index (χ1n) is 10.8. The molecule has 0 fully saturated rings. The Kier molecular flexibility index (Phi) is 7.23. The smallest absolute Gasteiger partial charge is 0.355 e. The molecule has 2 aromatic carbocycles. The van der Waals surface area contributed by atoms with E-state index in [2.05, 4.69) is 4.98 Å². The number of aryl methyl sites for hydroxylation is 1. The minimum absolute atomic E-state index is 0.0868. The Hall–Kier alpha value is -3.71. The molecule has 0 aliphatic heterocycles. The van der Waals surface area contributed by atoms with Crippen molar-refractivity contribution in [3.05, 3.63) is 94.7 Å². The monoisotopic (exact) mass is 480 g/mol. The molecule has 0 unspecified atom stereocenters. The number of nitrogens with zero attached hydrogens (tertiary/aromatic N) is 2. The molecule has 6 nitrogen and oxygen atoms in total. The van der Waals surface area contributed by atoms with Crippen molar-refractivity contribution < 1.29 is 23.5 Å². The van der Waals surface area contributed by atoms with Gasteiger partial charge in [0.25, 0.3) is 0 Å². The second kappa shape index (κ2) is 10.5. The third-order valence-corrected chi connectivity index (χ3v) is 5.51. The molecule has 0 spiro atoms. The molecule has 0 aliphatic rings. The molecule has 174 valence electrons. The van der Waals surface area contributed by atoms with Crippen LogP contribution in [-0.2, 0) is 11.3 Å². The van der Waals surface area contributed by atoms with Gasteiger partial charge in [0.15, 0.2) is 5.78 Å². The fourth-order valence-electron chi connectivity index (χ4n) is 3.79. The number of carbonyl (C=O) groups excluding carboxylic acids is 2. The van der Waals surface area contributed by atoms with Crippen LogP contribution in [0.2, 0.25) is 5.02 Å². The normalized spacial score (nSPS) is 10.9. The average molecular weight is 481 g/mol. The average Bonchev–Trinajstić information content (AvgIpc) is 3.16. The molecule has 0 saturated carbocycles. The minimum atomic E-state index is -0.649. The van der Waals surface area contributed by atoms with E-state index in [1.807, 2.05) is 0 Å². The van der Waals surface area contributed by atoms with Gasteiger partial charge >= 0.3 is 5.97 Å². The zero-order valence-corrected chi connectivity index (χ0v) is 19.2. The molecule has 2 aromatic heterocycles. The van der Waals surface area contributed by atoms with Gasteiger partial charge in [-0.25, -0.2) is 9.18 Å². The predicted octanol–water partition coefficient (Wildman–Crippen LogP) is 5.71. The zero-order valence-electron chi connectivity index (χ0n) is 18.5. The Bertz CT molecular complexity index is 1320. The number of ketones is 1. The standard InChI is InChI=1S/C26H22ClFN2O4/c1-2-33-26(32)24-23(25(31)17-6-8-18(27)9-7-17)21-15-19(28)10-11-22(21)30(24)13-4-14-34-20-5-3-12-29-16-20/h3,5-12,15-16H,2,4,13-14H2,1H3. The van der Waals surface area contributed by atoms with Crippen molar-refractivity contribution in [2.75, 3.05) is 13.2 Å². The summed E-state index contributed by atoms with van der Waals surface area (Å²) in [5, 5.41) is 0.820. The van der Waals surface area contributed by atoms with Crippen LogP contribution in [-0.4, -0.2) is 34.5 Å². The first-order chi connectivity index (χ1) is 16.5. The number of pyridine rings is 1. The molecule has 0 N–H and O–H groups in total. The lowest BCUT2D eigenvalue weighted by atomic mass is 10.00. The van der Waals surface area contributed by atoms with Gasteiger partial charge in [-0.1, -0.05) is 11.6 Å². The zero-order chi connectivity index (χ0) is 24.1. The van der Waals surface area contributed by atoms with E-state index in [1.165, 1.54) is 12.1 Å². The summed E-state index contributed by atoms with van der Waals surface area (Å²) in [6.07, 6.45) is 3.79.